The summed E-state index contributed by atoms with van der Waals surface area (Å²) in [5, 5.41) is 6.86. The zero-order valence-electron chi connectivity index (χ0n) is 13.9. The average Bonchev–Trinajstić information content (AvgIpc) is 3.06. The fourth-order valence-electron chi connectivity index (χ4n) is 2.50. The minimum Gasteiger partial charge on any atom is -0.496 e. The SMILES string of the molecule is COC(=O)c1cnc(NC(=O)c2cnn3cccc(C)c23)cc1OC. The van der Waals surface area contributed by atoms with Gasteiger partial charge in [-0.1, -0.05) is 6.07 Å². The van der Waals surface area contributed by atoms with Crippen LogP contribution in [-0.4, -0.2) is 40.7 Å². The normalized spacial score (nSPS) is 10.5. The van der Waals surface area contributed by atoms with Crippen molar-refractivity contribution in [1.29, 1.82) is 0 Å². The van der Waals surface area contributed by atoms with Gasteiger partial charge < -0.3 is 14.8 Å². The molecule has 0 saturated carbocycles. The molecule has 0 unspecified atom stereocenters. The number of methoxy groups -OCH3 is 2. The van der Waals surface area contributed by atoms with E-state index in [1.165, 1.54) is 32.7 Å². The molecule has 0 aromatic carbocycles. The first kappa shape index (κ1) is 16.4. The maximum Gasteiger partial charge on any atom is 0.343 e. The van der Waals surface area contributed by atoms with Gasteiger partial charge in [0.05, 0.1) is 31.5 Å². The molecule has 0 fully saturated rings. The van der Waals surface area contributed by atoms with Crippen LogP contribution >= 0.6 is 0 Å². The Bertz CT molecular complexity index is 964. The lowest BCUT2D eigenvalue weighted by atomic mass is 10.1. The number of hydrogen-bond acceptors (Lipinski definition) is 6. The van der Waals surface area contributed by atoms with E-state index in [1.807, 2.05) is 19.1 Å². The van der Waals surface area contributed by atoms with Crippen LogP contribution in [0.15, 0.2) is 36.8 Å². The molecule has 3 aromatic rings. The highest BCUT2D eigenvalue weighted by molar-refractivity contribution is 6.09. The maximum atomic E-state index is 12.6. The van der Waals surface area contributed by atoms with Crippen molar-refractivity contribution in [3.63, 3.8) is 0 Å². The van der Waals surface area contributed by atoms with Crippen LogP contribution < -0.4 is 10.1 Å². The Morgan fingerprint density at radius 1 is 1.20 bits per heavy atom. The Kier molecular flexibility index (Phi) is 4.34. The monoisotopic (exact) mass is 340 g/mol. The third kappa shape index (κ3) is 3.01. The molecule has 1 N–H and O–H groups in total. The lowest BCUT2D eigenvalue weighted by Crippen LogP contribution is -2.14. The van der Waals surface area contributed by atoms with Crippen LogP contribution in [0, 0.1) is 6.92 Å². The third-order valence-corrected chi connectivity index (χ3v) is 3.72. The molecule has 8 nitrogen and oxygen atoms in total. The van der Waals surface area contributed by atoms with Crippen molar-refractivity contribution in [2.75, 3.05) is 19.5 Å². The average molecular weight is 340 g/mol. The Balaban J connectivity index is 1.91. The van der Waals surface area contributed by atoms with Crippen LogP contribution in [0.4, 0.5) is 5.82 Å². The molecule has 0 aliphatic heterocycles. The van der Waals surface area contributed by atoms with Crippen LogP contribution in [-0.2, 0) is 4.74 Å². The Morgan fingerprint density at radius 2 is 2.00 bits per heavy atom. The molecule has 128 valence electrons. The number of amides is 1. The van der Waals surface area contributed by atoms with E-state index in [2.05, 4.69) is 20.1 Å². The van der Waals surface area contributed by atoms with Crippen molar-refractivity contribution >= 4 is 23.2 Å². The van der Waals surface area contributed by atoms with E-state index in [1.54, 1.807) is 10.7 Å². The number of aryl methyl sites for hydroxylation is 1. The van der Waals surface area contributed by atoms with Gasteiger partial charge in [0.1, 0.15) is 17.1 Å². The van der Waals surface area contributed by atoms with Crippen LogP contribution in [0.25, 0.3) is 5.52 Å². The lowest BCUT2D eigenvalue weighted by Gasteiger charge is -2.09. The number of pyridine rings is 2. The van der Waals surface area contributed by atoms with Gasteiger partial charge in [-0.15, -0.1) is 0 Å². The van der Waals surface area contributed by atoms with Crippen LogP contribution in [0.5, 0.6) is 5.75 Å². The number of esters is 1. The molecule has 0 atom stereocenters. The molecule has 0 aliphatic carbocycles. The van der Waals surface area contributed by atoms with E-state index in [0.717, 1.165) is 11.1 Å². The van der Waals surface area contributed by atoms with Crippen molar-refractivity contribution in [3.05, 3.63) is 53.5 Å². The first-order chi connectivity index (χ1) is 12.0. The first-order valence-corrected chi connectivity index (χ1v) is 7.41. The van der Waals surface area contributed by atoms with Crippen LogP contribution in [0.2, 0.25) is 0 Å². The quantitative estimate of drug-likeness (QED) is 0.731. The molecule has 1 amide bonds. The molecule has 3 rings (SSSR count). The van der Waals surface area contributed by atoms with Crippen molar-refractivity contribution in [1.82, 2.24) is 14.6 Å². The molecule has 0 bridgehead atoms. The van der Waals surface area contributed by atoms with Crippen molar-refractivity contribution < 1.29 is 19.1 Å². The Morgan fingerprint density at radius 3 is 2.72 bits per heavy atom. The van der Waals surface area contributed by atoms with E-state index < -0.39 is 5.97 Å². The second-order valence-electron chi connectivity index (χ2n) is 5.26. The summed E-state index contributed by atoms with van der Waals surface area (Å²) in [6.45, 7) is 1.90. The number of aromatic nitrogens is 3. The van der Waals surface area contributed by atoms with Gasteiger partial charge in [-0.2, -0.15) is 5.10 Å². The van der Waals surface area contributed by atoms with Crippen LogP contribution in [0.1, 0.15) is 26.3 Å². The maximum absolute atomic E-state index is 12.6. The van der Waals surface area contributed by atoms with Gasteiger partial charge in [0.25, 0.3) is 5.91 Å². The molecule has 0 aliphatic rings. The number of hydrogen-bond donors (Lipinski definition) is 1. The lowest BCUT2D eigenvalue weighted by molar-refractivity contribution is 0.0596. The number of carbonyl (C=O) groups is 2. The molecule has 3 aromatic heterocycles. The smallest absolute Gasteiger partial charge is 0.343 e. The number of anilines is 1. The molecule has 0 spiro atoms. The summed E-state index contributed by atoms with van der Waals surface area (Å²) in [4.78, 5) is 28.3. The molecular weight excluding hydrogens is 324 g/mol. The molecule has 0 saturated heterocycles. The van der Waals surface area contributed by atoms with E-state index in [-0.39, 0.29) is 23.0 Å². The largest absolute Gasteiger partial charge is 0.496 e. The highest BCUT2D eigenvalue weighted by Gasteiger charge is 2.18. The number of carbonyl (C=O) groups excluding carboxylic acids is 2. The van der Waals surface area contributed by atoms with Gasteiger partial charge in [-0.05, 0) is 18.6 Å². The summed E-state index contributed by atoms with van der Waals surface area (Å²) in [5.74, 6) is -0.416. The van der Waals surface area contributed by atoms with Crippen molar-refractivity contribution in [2.45, 2.75) is 6.92 Å². The minimum absolute atomic E-state index is 0.176. The van der Waals surface area contributed by atoms with E-state index in [0.29, 0.717) is 5.56 Å². The molecule has 8 heteroatoms. The fourth-order valence-corrected chi connectivity index (χ4v) is 2.50. The van der Waals surface area contributed by atoms with Crippen LogP contribution in [0.3, 0.4) is 0 Å². The number of rotatable bonds is 4. The number of nitrogens with zero attached hydrogens (tertiary/aromatic N) is 3. The second kappa shape index (κ2) is 6.60. The predicted octanol–water partition coefficient (Wildman–Crippen LogP) is 2.09. The first-order valence-electron chi connectivity index (χ1n) is 7.41. The highest BCUT2D eigenvalue weighted by Crippen LogP contribution is 2.23. The Hall–Kier alpha value is -3.42. The van der Waals surface area contributed by atoms with Gasteiger partial charge in [-0.25, -0.2) is 14.3 Å². The predicted molar refractivity (Wildman–Crippen MR) is 90.0 cm³/mol. The summed E-state index contributed by atoms with van der Waals surface area (Å²) < 4.78 is 11.5. The molecule has 3 heterocycles. The van der Waals surface area contributed by atoms with Gasteiger partial charge in [0, 0.05) is 18.5 Å². The van der Waals surface area contributed by atoms with Gasteiger partial charge in [0.15, 0.2) is 0 Å². The topological polar surface area (TPSA) is 94.8 Å². The van der Waals surface area contributed by atoms with Gasteiger partial charge in [0.2, 0.25) is 0 Å². The zero-order valence-corrected chi connectivity index (χ0v) is 13.9. The third-order valence-electron chi connectivity index (χ3n) is 3.72. The summed E-state index contributed by atoms with van der Waals surface area (Å²) in [7, 11) is 2.69. The molecule has 0 radical (unpaired) electrons. The summed E-state index contributed by atoms with van der Waals surface area (Å²) >= 11 is 0. The standard InChI is InChI=1S/C17H16N4O4/c1-10-5-4-6-21-15(10)12(9-19-21)16(22)20-14-7-13(24-2)11(8-18-14)17(23)25-3/h4-9H,1-3H3,(H,18,20,22). The molecular formula is C17H16N4O4. The van der Waals surface area contributed by atoms with E-state index in [9.17, 15) is 9.59 Å². The second-order valence-corrected chi connectivity index (χ2v) is 5.26. The molecule has 25 heavy (non-hydrogen) atoms. The fraction of sp³-hybridized carbons (Fsp3) is 0.176. The number of ether oxygens (including phenoxy) is 2. The van der Waals surface area contributed by atoms with Crippen molar-refractivity contribution in [3.8, 4) is 5.75 Å². The number of fused-ring (bicyclic) bond motifs is 1. The Labute approximate surface area is 143 Å². The number of nitrogens with one attached hydrogen (secondary N) is 1. The summed E-state index contributed by atoms with van der Waals surface area (Å²) in [5.41, 5.74) is 2.25. The summed E-state index contributed by atoms with van der Waals surface area (Å²) in [6.07, 6.45) is 4.56. The van der Waals surface area contributed by atoms with Crippen molar-refractivity contribution in [2.24, 2.45) is 0 Å². The van der Waals surface area contributed by atoms with E-state index in [4.69, 9.17) is 4.74 Å². The highest BCUT2D eigenvalue weighted by atomic mass is 16.5. The summed E-state index contributed by atoms with van der Waals surface area (Å²) in [6, 6.07) is 5.22. The minimum atomic E-state index is -0.569. The van der Waals surface area contributed by atoms with E-state index >= 15 is 0 Å². The van der Waals surface area contributed by atoms with Gasteiger partial charge >= 0.3 is 5.97 Å². The van der Waals surface area contributed by atoms with Gasteiger partial charge in [-0.3, -0.25) is 4.79 Å². The zero-order chi connectivity index (χ0) is 18.0.